The summed E-state index contributed by atoms with van der Waals surface area (Å²) >= 11 is 3.37. The third-order valence-corrected chi connectivity index (χ3v) is 4.38. The van der Waals surface area contributed by atoms with E-state index in [0.29, 0.717) is 18.7 Å². The molecule has 2 aromatic carbocycles. The van der Waals surface area contributed by atoms with Crippen LogP contribution in [0.3, 0.4) is 0 Å². The van der Waals surface area contributed by atoms with Crippen molar-refractivity contribution in [3.8, 4) is 0 Å². The van der Waals surface area contributed by atoms with E-state index < -0.39 is 5.91 Å². The Morgan fingerprint density at radius 3 is 2.31 bits per heavy atom. The van der Waals surface area contributed by atoms with Crippen LogP contribution >= 0.6 is 15.9 Å². The zero-order chi connectivity index (χ0) is 18.9. The molecule has 0 saturated carbocycles. The summed E-state index contributed by atoms with van der Waals surface area (Å²) in [6, 6.07) is 14.0. The number of carbonyl (C=O) groups excluding carboxylic acids is 2. The first-order valence-electron chi connectivity index (χ1n) is 8.38. The van der Waals surface area contributed by atoms with E-state index in [0.717, 1.165) is 28.6 Å². The van der Waals surface area contributed by atoms with Crippen molar-refractivity contribution in [1.82, 2.24) is 10.4 Å². The van der Waals surface area contributed by atoms with Crippen LogP contribution < -0.4 is 10.8 Å². The molecule has 0 unspecified atom stereocenters. The normalized spacial score (nSPS) is 10.3. The Kier molecular flexibility index (Phi) is 7.62. The number of urea groups is 1. The smallest absolute Gasteiger partial charge is 0.320 e. The number of hydroxylamine groups is 1. The fourth-order valence-electron chi connectivity index (χ4n) is 2.38. The summed E-state index contributed by atoms with van der Waals surface area (Å²) in [7, 11) is 0. The molecule has 7 heteroatoms. The van der Waals surface area contributed by atoms with Gasteiger partial charge in [-0.15, -0.1) is 0 Å². The standard InChI is InChI=1S/C19H22BrN3O3/c1-2-3-12-23(19(25)21-17-10-8-16(20)9-11-17)13-14-4-6-15(7-5-14)18(24)22-26/h4-11,26H,2-3,12-13H2,1H3,(H,21,25)(H,22,24). The lowest BCUT2D eigenvalue weighted by Gasteiger charge is -2.23. The zero-order valence-electron chi connectivity index (χ0n) is 14.5. The Hall–Kier alpha value is -2.38. The number of anilines is 1. The molecule has 0 aromatic heterocycles. The molecule has 0 aliphatic carbocycles. The second kappa shape index (κ2) is 9.94. The van der Waals surface area contributed by atoms with E-state index in [9.17, 15) is 9.59 Å². The molecule has 0 atom stereocenters. The van der Waals surface area contributed by atoms with E-state index >= 15 is 0 Å². The Morgan fingerprint density at radius 2 is 1.73 bits per heavy atom. The van der Waals surface area contributed by atoms with Crippen LogP contribution in [0.4, 0.5) is 10.5 Å². The first-order chi connectivity index (χ1) is 12.5. The first-order valence-corrected chi connectivity index (χ1v) is 9.17. The van der Waals surface area contributed by atoms with Crippen LogP contribution in [0.2, 0.25) is 0 Å². The third-order valence-electron chi connectivity index (χ3n) is 3.86. The highest BCUT2D eigenvalue weighted by Gasteiger charge is 2.14. The minimum atomic E-state index is -0.563. The maximum Gasteiger partial charge on any atom is 0.322 e. The van der Waals surface area contributed by atoms with E-state index in [4.69, 9.17) is 5.21 Å². The molecular formula is C19H22BrN3O3. The molecule has 0 saturated heterocycles. The molecule has 0 bridgehead atoms. The lowest BCUT2D eigenvalue weighted by atomic mass is 10.1. The molecule has 0 aliphatic rings. The van der Waals surface area contributed by atoms with Crippen LogP contribution in [0, 0.1) is 0 Å². The van der Waals surface area contributed by atoms with E-state index in [2.05, 4.69) is 28.2 Å². The van der Waals surface area contributed by atoms with Crippen molar-refractivity contribution < 1.29 is 14.8 Å². The van der Waals surface area contributed by atoms with Crippen molar-refractivity contribution in [2.24, 2.45) is 0 Å². The van der Waals surface area contributed by atoms with Gasteiger partial charge in [0.25, 0.3) is 5.91 Å². The average molecular weight is 420 g/mol. The van der Waals surface area contributed by atoms with Crippen LogP contribution in [-0.4, -0.2) is 28.6 Å². The summed E-state index contributed by atoms with van der Waals surface area (Å²) in [4.78, 5) is 25.8. The van der Waals surface area contributed by atoms with Gasteiger partial charge in [-0.25, -0.2) is 10.3 Å². The number of hydrogen-bond donors (Lipinski definition) is 3. The summed E-state index contributed by atoms with van der Waals surface area (Å²) in [5.41, 5.74) is 3.59. The van der Waals surface area contributed by atoms with Gasteiger partial charge in [-0.05, 0) is 48.4 Å². The Labute approximate surface area is 161 Å². The number of halogens is 1. The fourth-order valence-corrected chi connectivity index (χ4v) is 2.65. The van der Waals surface area contributed by atoms with Gasteiger partial charge in [0.05, 0.1) is 0 Å². The number of rotatable bonds is 7. The lowest BCUT2D eigenvalue weighted by Crippen LogP contribution is -2.35. The Morgan fingerprint density at radius 1 is 1.08 bits per heavy atom. The number of amides is 3. The highest BCUT2D eigenvalue weighted by Crippen LogP contribution is 2.16. The van der Waals surface area contributed by atoms with Gasteiger partial charge in [-0.1, -0.05) is 41.4 Å². The van der Waals surface area contributed by atoms with Crippen molar-refractivity contribution in [1.29, 1.82) is 0 Å². The van der Waals surface area contributed by atoms with Gasteiger partial charge in [-0.2, -0.15) is 0 Å². The van der Waals surface area contributed by atoms with E-state index in [1.54, 1.807) is 34.6 Å². The fraction of sp³-hybridized carbons (Fsp3) is 0.263. The Balaban J connectivity index is 2.06. The lowest BCUT2D eigenvalue weighted by molar-refractivity contribution is 0.0706. The average Bonchev–Trinajstić information content (AvgIpc) is 2.66. The monoisotopic (exact) mass is 419 g/mol. The van der Waals surface area contributed by atoms with Crippen LogP contribution in [0.1, 0.15) is 35.7 Å². The van der Waals surface area contributed by atoms with E-state index in [1.165, 1.54) is 0 Å². The summed E-state index contributed by atoms with van der Waals surface area (Å²) in [6.45, 7) is 3.15. The van der Waals surface area contributed by atoms with Gasteiger partial charge >= 0.3 is 6.03 Å². The summed E-state index contributed by atoms with van der Waals surface area (Å²) in [5.74, 6) is -0.563. The molecule has 6 nitrogen and oxygen atoms in total. The van der Waals surface area contributed by atoms with Crippen molar-refractivity contribution in [3.05, 3.63) is 64.1 Å². The topological polar surface area (TPSA) is 81.7 Å². The molecule has 0 spiro atoms. The molecule has 138 valence electrons. The quantitative estimate of drug-likeness (QED) is 0.459. The molecule has 3 amide bonds. The molecular weight excluding hydrogens is 398 g/mol. The second-order valence-electron chi connectivity index (χ2n) is 5.85. The van der Waals surface area contributed by atoms with Gasteiger partial charge in [0.1, 0.15) is 0 Å². The summed E-state index contributed by atoms with van der Waals surface area (Å²) in [6.07, 6.45) is 1.89. The number of nitrogens with zero attached hydrogens (tertiary/aromatic N) is 1. The van der Waals surface area contributed by atoms with Gasteiger partial charge in [0.15, 0.2) is 0 Å². The highest BCUT2D eigenvalue weighted by atomic mass is 79.9. The molecule has 0 heterocycles. The van der Waals surface area contributed by atoms with Crippen molar-refractivity contribution in [3.63, 3.8) is 0 Å². The maximum absolute atomic E-state index is 12.6. The highest BCUT2D eigenvalue weighted by molar-refractivity contribution is 9.10. The minimum absolute atomic E-state index is 0.169. The number of nitrogens with one attached hydrogen (secondary N) is 2. The first kappa shape index (κ1) is 19.9. The predicted octanol–water partition coefficient (Wildman–Crippen LogP) is 4.40. The molecule has 0 fully saturated rings. The van der Waals surface area contributed by atoms with Crippen LogP contribution in [0.5, 0.6) is 0 Å². The van der Waals surface area contributed by atoms with E-state index in [1.807, 2.05) is 24.3 Å². The van der Waals surface area contributed by atoms with Gasteiger partial charge in [-0.3, -0.25) is 10.0 Å². The van der Waals surface area contributed by atoms with Gasteiger partial charge in [0, 0.05) is 28.8 Å². The second-order valence-corrected chi connectivity index (χ2v) is 6.77. The summed E-state index contributed by atoms with van der Waals surface area (Å²) < 4.78 is 0.949. The molecule has 2 rings (SSSR count). The number of unbranched alkanes of at least 4 members (excludes halogenated alkanes) is 1. The van der Waals surface area contributed by atoms with Crippen LogP contribution in [0.25, 0.3) is 0 Å². The molecule has 0 radical (unpaired) electrons. The summed E-state index contributed by atoms with van der Waals surface area (Å²) in [5, 5.41) is 11.6. The number of hydrogen-bond acceptors (Lipinski definition) is 3. The third kappa shape index (κ3) is 5.86. The molecule has 2 aromatic rings. The zero-order valence-corrected chi connectivity index (χ0v) is 16.1. The van der Waals surface area contributed by atoms with E-state index in [-0.39, 0.29) is 6.03 Å². The number of carbonyl (C=O) groups is 2. The minimum Gasteiger partial charge on any atom is -0.320 e. The van der Waals surface area contributed by atoms with Crippen molar-refractivity contribution >= 4 is 33.6 Å². The molecule has 3 N–H and O–H groups in total. The molecule has 0 aliphatic heterocycles. The SMILES string of the molecule is CCCCN(Cc1ccc(C(=O)NO)cc1)C(=O)Nc1ccc(Br)cc1. The van der Waals surface area contributed by atoms with Crippen molar-refractivity contribution in [2.45, 2.75) is 26.3 Å². The maximum atomic E-state index is 12.6. The van der Waals surface area contributed by atoms with Gasteiger partial charge in [0.2, 0.25) is 0 Å². The largest absolute Gasteiger partial charge is 0.322 e. The number of benzene rings is 2. The molecule has 26 heavy (non-hydrogen) atoms. The Bertz CT molecular complexity index is 733. The van der Waals surface area contributed by atoms with Crippen LogP contribution in [-0.2, 0) is 6.54 Å². The van der Waals surface area contributed by atoms with Crippen molar-refractivity contribution in [2.75, 3.05) is 11.9 Å². The van der Waals surface area contributed by atoms with Crippen LogP contribution in [0.15, 0.2) is 53.0 Å². The van der Waals surface area contributed by atoms with Gasteiger partial charge < -0.3 is 10.2 Å². The predicted molar refractivity (Wildman–Crippen MR) is 104 cm³/mol.